The molecule has 1 aromatic heterocycles. The molecule has 0 atom stereocenters. The predicted octanol–water partition coefficient (Wildman–Crippen LogP) is 3.33. The summed E-state index contributed by atoms with van der Waals surface area (Å²) in [6.07, 6.45) is 1.35. The number of halogens is 2. The number of carbonyl (C=O) groups excluding carboxylic acids is 1. The molecular weight excluding hydrogens is 320 g/mol. The highest BCUT2D eigenvalue weighted by Gasteiger charge is 2.13. The minimum atomic E-state index is -0.247. The monoisotopic (exact) mass is 328 g/mol. The van der Waals surface area contributed by atoms with Gasteiger partial charge in [0.05, 0.1) is 17.1 Å². The van der Waals surface area contributed by atoms with Crippen molar-refractivity contribution in [2.75, 3.05) is 0 Å². The Kier molecular flexibility index (Phi) is 4.04. The average Bonchev–Trinajstić information content (AvgIpc) is 2.75. The Balaban J connectivity index is 2.09. The van der Waals surface area contributed by atoms with E-state index in [4.69, 9.17) is 16.0 Å². The largest absolute Gasteiger partial charge is 0.448 e. The van der Waals surface area contributed by atoms with Crippen LogP contribution in [0.25, 0.3) is 0 Å². The summed E-state index contributed by atoms with van der Waals surface area (Å²) < 4.78 is 5.74. The Morgan fingerprint density at radius 2 is 2.33 bits per heavy atom. The fraction of sp³-hybridized carbons (Fsp3) is 0.167. The third kappa shape index (κ3) is 2.73. The lowest BCUT2D eigenvalue weighted by Crippen LogP contribution is -2.23. The molecule has 6 heteroatoms. The number of hydrogen-bond acceptors (Lipinski definition) is 3. The van der Waals surface area contributed by atoms with Gasteiger partial charge < -0.3 is 9.73 Å². The maximum Gasteiger partial charge on any atom is 0.253 e. The van der Waals surface area contributed by atoms with Gasteiger partial charge in [-0.2, -0.15) is 0 Å². The zero-order chi connectivity index (χ0) is 13.1. The van der Waals surface area contributed by atoms with Crippen LogP contribution in [0.1, 0.15) is 21.8 Å². The summed E-state index contributed by atoms with van der Waals surface area (Å²) in [7, 11) is 0. The lowest BCUT2D eigenvalue weighted by Gasteiger charge is -2.06. The fourth-order valence-electron chi connectivity index (χ4n) is 1.44. The SMILES string of the molecule is Cc1ocnc1CNC(=O)c1cccc(Br)c1Cl. The maximum absolute atomic E-state index is 11.9. The van der Waals surface area contributed by atoms with Crippen molar-refractivity contribution in [2.45, 2.75) is 13.5 Å². The molecule has 0 saturated carbocycles. The van der Waals surface area contributed by atoms with E-state index in [1.54, 1.807) is 25.1 Å². The van der Waals surface area contributed by atoms with Crippen LogP contribution in [0.15, 0.2) is 33.5 Å². The molecule has 0 aliphatic carbocycles. The standard InChI is InChI=1S/C12H10BrClN2O2/c1-7-10(16-6-18-7)5-15-12(17)8-3-2-4-9(13)11(8)14/h2-4,6H,5H2,1H3,(H,15,17). The van der Waals surface area contributed by atoms with Crippen LogP contribution in [0, 0.1) is 6.92 Å². The summed E-state index contributed by atoms with van der Waals surface area (Å²) in [6.45, 7) is 2.10. The Bertz CT molecular complexity index is 583. The molecule has 1 amide bonds. The van der Waals surface area contributed by atoms with Gasteiger partial charge in [-0.3, -0.25) is 4.79 Å². The van der Waals surface area contributed by atoms with Gasteiger partial charge in [0.15, 0.2) is 6.39 Å². The number of benzene rings is 1. The number of oxazole rings is 1. The number of aryl methyl sites for hydroxylation is 1. The lowest BCUT2D eigenvalue weighted by molar-refractivity contribution is 0.0950. The molecule has 0 bridgehead atoms. The molecule has 0 aliphatic heterocycles. The summed E-state index contributed by atoms with van der Waals surface area (Å²) in [4.78, 5) is 15.9. The van der Waals surface area contributed by atoms with Gasteiger partial charge in [0.25, 0.3) is 5.91 Å². The van der Waals surface area contributed by atoms with Crippen LogP contribution in [0.3, 0.4) is 0 Å². The number of carbonyl (C=O) groups is 1. The van der Waals surface area contributed by atoms with E-state index in [2.05, 4.69) is 26.2 Å². The number of aromatic nitrogens is 1. The van der Waals surface area contributed by atoms with E-state index in [9.17, 15) is 4.79 Å². The van der Waals surface area contributed by atoms with Gasteiger partial charge >= 0.3 is 0 Å². The Morgan fingerprint density at radius 1 is 1.56 bits per heavy atom. The minimum absolute atomic E-state index is 0.247. The zero-order valence-electron chi connectivity index (χ0n) is 9.54. The average molecular weight is 330 g/mol. The van der Waals surface area contributed by atoms with Gasteiger partial charge in [-0.1, -0.05) is 17.7 Å². The van der Waals surface area contributed by atoms with Gasteiger partial charge in [0.2, 0.25) is 0 Å². The molecule has 1 aromatic carbocycles. The second kappa shape index (κ2) is 5.54. The molecule has 0 spiro atoms. The van der Waals surface area contributed by atoms with Crippen LogP contribution >= 0.6 is 27.5 Å². The fourth-order valence-corrected chi connectivity index (χ4v) is 2.01. The molecule has 1 heterocycles. The van der Waals surface area contributed by atoms with Crippen molar-refractivity contribution in [2.24, 2.45) is 0 Å². The normalized spacial score (nSPS) is 10.4. The second-order valence-corrected chi connectivity index (χ2v) is 4.87. The molecule has 4 nitrogen and oxygen atoms in total. The lowest BCUT2D eigenvalue weighted by atomic mass is 10.2. The number of nitrogens with one attached hydrogen (secondary N) is 1. The number of hydrogen-bond donors (Lipinski definition) is 1. The van der Waals surface area contributed by atoms with Gasteiger partial charge in [0, 0.05) is 4.47 Å². The molecule has 2 rings (SSSR count). The van der Waals surface area contributed by atoms with Crippen LogP contribution in [-0.2, 0) is 6.54 Å². The summed E-state index contributed by atoms with van der Waals surface area (Å²) >= 11 is 9.31. The van der Waals surface area contributed by atoms with Crippen LogP contribution in [-0.4, -0.2) is 10.9 Å². The Hall–Kier alpha value is -1.33. The van der Waals surface area contributed by atoms with E-state index in [0.29, 0.717) is 33.1 Å². The molecule has 1 N–H and O–H groups in total. The van der Waals surface area contributed by atoms with Crippen LogP contribution in [0.2, 0.25) is 5.02 Å². The molecular formula is C12H10BrClN2O2. The van der Waals surface area contributed by atoms with E-state index >= 15 is 0 Å². The zero-order valence-corrected chi connectivity index (χ0v) is 11.9. The van der Waals surface area contributed by atoms with Gasteiger partial charge in [-0.15, -0.1) is 0 Å². The van der Waals surface area contributed by atoms with E-state index in [1.807, 2.05) is 0 Å². The number of amides is 1. The maximum atomic E-state index is 11.9. The van der Waals surface area contributed by atoms with Crippen molar-refractivity contribution in [3.8, 4) is 0 Å². The molecule has 0 radical (unpaired) electrons. The topological polar surface area (TPSA) is 55.1 Å². The Morgan fingerprint density at radius 3 is 3.00 bits per heavy atom. The van der Waals surface area contributed by atoms with E-state index < -0.39 is 0 Å². The van der Waals surface area contributed by atoms with Crippen molar-refractivity contribution < 1.29 is 9.21 Å². The molecule has 0 fully saturated rings. The number of rotatable bonds is 3. The van der Waals surface area contributed by atoms with Crippen LogP contribution in [0.5, 0.6) is 0 Å². The van der Waals surface area contributed by atoms with Crippen molar-refractivity contribution >= 4 is 33.4 Å². The van der Waals surface area contributed by atoms with Crippen molar-refractivity contribution in [3.63, 3.8) is 0 Å². The van der Waals surface area contributed by atoms with Crippen molar-refractivity contribution in [3.05, 3.63) is 51.1 Å². The molecule has 94 valence electrons. The van der Waals surface area contributed by atoms with E-state index in [0.717, 1.165) is 0 Å². The second-order valence-electron chi connectivity index (χ2n) is 3.64. The third-order valence-corrected chi connectivity index (χ3v) is 3.75. The summed E-state index contributed by atoms with van der Waals surface area (Å²) in [5, 5.41) is 3.14. The first kappa shape index (κ1) is 13.1. The molecule has 0 saturated heterocycles. The van der Waals surface area contributed by atoms with Crippen molar-refractivity contribution in [1.82, 2.24) is 10.3 Å². The first-order valence-electron chi connectivity index (χ1n) is 5.20. The van der Waals surface area contributed by atoms with Crippen molar-refractivity contribution in [1.29, 1.82) is 0 Å². The van der Waals surface area contributed by atoms with Crippen LogP contribution < -0.4 is 5.32 Å². The van der Waals surface area contributed by atoms with E-state index in [1.165, 1.54) is 6.39 Å². The number of nitrogens with zero attached hydrogens (tertiary/aromatic N) is 1. The predicted molar refractivity (Wildman–Crippen MR) is 71.6 cm³/mol. The highest BCUT2D eigenvalue weighted by Crippen LogP contribution is 2.25. The third-order valence-electron chi connectivity index (χ3n) is 2.46. The van der Waals surface area contributed by atoms with Gasteiger partial charge in [-0.25, -0.2) is 4.98 Å². The molecule has 0 unspecified atom stereocenters. The smallest absolute Gasteiger partial charge is 0.253 e. The summed E-state index contributed by atoms with van der Waals surface area (Å²) in [5.74, 6) is 0.444. The molecule has 0 aliphatic rings. The van der Waals surface area contributed by atoms with Crippen LogP contribution in [0.4, 0.5) is 0 Å². The molecule has 18 heavy (non-hydrogen) atoms. The van der Waals surface area contributed by atoms with Gasteiger partial charge in [0.1, 0.15) is 11.5 Å². The first-order valence-corrected chi connectivity index (χ1v) is 6.38. The molecule has 2 aromatic rings. The highest BCUT2D eigenvalue weighted by atomic mass is 79.9. The summed E-state index contributed by atoms with van der Waals surface area (Å²) in [6, 6.07) is 5.20. The minimum Gasteiger partial charge on any atom is -0.448 e. The summed E-state index contributed by atoms with van der Waals surface area (Å²) in [5.41, 5.74) is 1.13. The van der Waals surface area contributed by atoms with E-state index in [-0.39, 0.29) is 5.91 Å². The highest BCUT2D eigenvalue weighted by molar-refractivity contribution is 9.10. The quantitative estimate of drug-likeness (QED) is 0.939. The first-order chi connectivity index (χ1) is 8.59. The van der Waals surface area contributed by atoms with Gasteiger partial charge in [-0.05, 0) is 35.0 Å². The Labute approximate surface area is 117 Å².